The molecule has 0 aliphatic rings. The highest BCUT2D eigenvalue weighted by Crippen LogP contribution is 2.31. The Morgan fingerprint density at radius 2 is 1.88 bits per heavy atom. The van der Waals surface area contributed by atoms with E-state index in [0.29, 0.717) is 23.1 Å². The van der Waals surface area contributed by atoms with Crippen LogP contribution in [0, 0.1) is 0 Å². The maximum Gasteiger partial charge on any atom is 0.416 e. The monoisotopic (exact) mass is 351 g/mol. The summed E-state index contributed by atoms with van der Waals surface area (Å²) in [7, 11) is 0. The second-order valence-corrected chi connectivity index (χ2v) is 5.69. The molecule has 1 heterocycles. The van der Waals surface area contributed by atoms with Gasteiger partial charge in [-0.3, -0.25) is 0 Å². The molecule has 0 saturated heterocycles. The minimum atomic E-state index is -4.38. The highest BCUT2D eigenvalue weighted by molar-refractivity contribution is 6.30. The first kappa shape index (κ1) is 16.4. The molecule has 2 N–H and O–H groups in total. The maximum atomic E-state index is 12.7. The molecule has 0 bridgehead atoms. The molecule has 0 aliphatic heterocycles. The van der Waals surface area contributed by atoms with Crippen LogP contribution in [0.15, 0.2) is 54.7 Å². The number of benzene rings is 2. The van der Waals surface area contributed by atoms with Crippen LogP contribution in [0.4, 0.5) is 24.8 Å². The van der Waals surface area contributed by atoms with Crippen LogP contribution in [0.1, 0.15) is 16.8 Å². The van der Waals surface area contributed by atoms with Gasteiger partial charge in [-0.05, 0) is 35.9 Å². The van der Waals surface area contributed by atoms with E-state index in [1.165, 1.54) is 6.07 Å². The normalized spacial score (nSPS) is 11.5. The number of aromatic amines is 1. The van der Waals surface area contributed by atoms with Gasteiger partial charge in [-0.25, -0.2) is 4.98 Å². The second-order valence-electron chi connectivity index (χ2n) is 5.25. The first-order chi connectivity index (χ1) is 11.4. The molecule has 0 fully saturated rings. The van der Waals surface area contributed by atoms with Gasteiger partial charge in [0.05, 0.1) is 11.3 Å². The second kappa shape index (κ2) is 6.57. The third kappa shape index (κ3) is 4.08. The number of anilines is 2. The van der Waals surface area contributed by atoms with Crippen molar-refractivity contribution in [3.05, 3.63) is 76.6 Å². The van der Waals surface area contributed by atoms with Gasteiger partial charge in [0, 0.05) is 23.3 Å². The minimum Gasteiger partial charge on any atom is -0.331 e. The van der Waals surface area contributed by atoms with Crippen LogP contribution >= 0.6 is 11.6 Å². The van der Waals surface area contributed by atoms with Crippen LogP contribution < -0.4 is 5.32 Å². The lowest BCUT2D eigenvalue weighted by Crippen LogP contribution is -2.05. The van der Waals surface area contributed by atoms with Gasteiger partial charge < -0.3 is 10.3 Å². The van der Waals surface area contributed by atoms with E-state index in [4.69, 9.17) is 11.6 Å². The number of alkyl halides is 3. The molecule has 3 nitrogen and oxygen atoms in total. The summed E-state index contributed by atoms with van der Waals surface area (Å²) in [6, 6.07) is 12.4. The number of hydrogen-bond donors (Lipinski definition) is 2. The van der Waals surface area contributed by atoms with Crippen molar-refractivity contribution in [1.29, 1.82) is 0 Å². The molecule has 7 heteroatoms. The van der Waals surface area contributed by atoms with Crippen molar-refractivity contribution in [3.63, 3.8) is 0 Å². The Labute approximate surface area is 141 Å². The van der Waals surface area contributed by atoms with Crippen LogP contribution in [0.3, 0.4) is 0 Å². The largest absolute Gasteiger partial charge is 0.416 e. The van der Waals surface area contributed by atoms with E-state index in [-0.39, 0.29) is 0 Å². The average molecular weight is 352 g/mol. The fourth-order valence-electron chi connectivity index (χ4n) is 2.28. The van der Waals surface area contributed by atoms with E-state index in [1.807, 2.05) is 18.2 Å². The molecule has 0 saturated carbocycles. The third-order valence-electron chi connectivity index (χ3n) is 3.36. The van der Waals surface area contributed by atoms with Crippen LogP contribution in [0.5, 0.6) is 0 Å². The van der Waals surface area contributed by atoms with E-state index in [9.17, 15) is 13.2 Å². The third-order valence-corrected chi connectivity index (χ3v) is 3.59. The molecule has 3 aromatic rings. The molecule has 24 heavy (non-hydrogen) atoms. The number of rotatable bonds is 4. The summed E-state index contributed by atoms with van der Waals surface area (Å²) < 4.78 is 38.2. The van der Waals surface area contributed by atoms with Gasteiger partial charge >= 0.3 is 6.18 Å². The summed E-state index contributed by atoms with van der Waals surface area (Å²) in [5.74, 6) is 0.381. The summed E-state index contributed by atoms with van der Waals surface area (Å²) in [5.41, 5.74) is 1.36. The van der Waals surface area contributed by atoms with Gasteiger partial charge in [-0.1, -0.05) is 29.8 Å². The van der Waals surface area contributed by atoms with Gasteiger partial charge in [0.2, 0.25) is 5.95 Å². The van der Waals surface area contributed by atoms with Crippen LogP contribution in [-0.2, 0) is 12.6 Å². The van der Waals surface area contributed by atoms with Crippen molar-refractivity contribution >= 4 is 23.2 Å². The number of H-pyrrole nitrogens is 1. The predicted octanol–water partition coefficient (Wildman–Crippen LogP) is 5.42. The van der Waals surface area contributed by atoms with Crippen LogP contribution in [-0.4, -0.2) is 9.97 Å². The van der Waals surface area contributed by atoms with E-state index in [1.54, 1.807) is 18.3 Å². The highest BCUT2D eigenvalue weighted by atomic mass is 35.5. The Hall–Kier alpha value is -2.47. The number of aromatic nitrogens is 2. The van der Waals surface area contributed by atoms with Crippen molar-refractivity contribution < 1.29 is 13.2 Å². The molecule has 2 aromatic carbocycles. The van der Waals surface area contributed by atoms with Crippen molar-refractivity contribution in [2.75, 3.05) is 5.32 Å². The first-order valence-corrected chi connectivity index (χ1v) is 7.51. The van der Waals surface area contributed by atoms with E-state index in [0.717, 1.165) is 23.4 Å². The molecule has 0 spiro atoms. The average Bonchev–Trinajstić information content (AvgIpc) is 2.94. The molecule has 0 amide bonds. The molecule has 0 radical (unpaired) electrons. The zero-order chi connectivity index (χ0) is 17.2. The predicted molar refractivity (Wildman–Crippen MR) is 87.6 cm³/mol. The number of nitrogens with one attached hydrogen (secondary N) is 2. The lowest BCUT2D eigenvalue weighted by molar-refractivity contribution is -0.137. The van der Waals surface area contributed by atoms with E-state index >= 15 is 0 Å². The van der Waals surface area contributed by atoms with Gasteiger partial charge in [-0.2, -0.15) is 13.2 Å². The molecule has 1 aromatic heterocycles. The van der Waals surface area contributed by atoms with Gasteiger partial charge in [0.1, 0.15) is 0 Å². The molecule has 3 rings (SSSR count). The number of hydrogen-bond acceptors (Lipinski definition) is 2. The zero-order valence-electron chi connectivity index (χ0n) is 12.4. The Balaban J connectivity index is 1.72. The maximum absolute atomic E-state index is 12.7. The summed E-state index contributed by atoms with van der Waals surface area (Å²) >= 11 is 5.94. The van der Waals surface area contributed by atoms with Gasteiger partial charge in [0.15, 0.2) is 0 Å². The van der Waals surface area contributed by atoms with Crippen molar-refractivity contribution in [2.24, 2.45) is 0 Å². The van der Waals surface area contributed by atoms with Gasteiger partial charge in [-0.15, -0.1) is 0 Å². The van der Waals surface area contributed by atoms with Gasteiger partial charge in [0.25, 0.3) is 0 Å². The standard InChI is InChI=1S/C17H13ClF3N3/c18-13-5-1-3-11(7-13)8-15-10-22-16(24-15)23-14-6-2-4-12(9-14)17(19,20)21/h1-7,9-10H,8H2,(H2,22,23,24). The van der Waals surface area contributed by atoms with Crippen LogP contribution in [0.25, 0.3) is 0 Å². The van der Waals surface area contributed by atoms with Crippen molar-refractivity contribution in [2.45, 2.75) is 12.6 Å². The van der Waals surface area contributed by atoms with Crippen molar-refractivity contribution in [3.8, 4) is 0 Å². The summed E-state index contributed by atoms with van der Waals surface area (Å²) in [6.07, 6.45) is -2.10. The number of halogens is 4. The summed E-state index contributed by atoms with van der Waals surface area (Å²) in [5, 5.41) is 3.49. The fraction of sp³-hybridized carbons (Fsp3) is 0.118. The van der Waals surface area contributed by atoms with Crippen molar-refractivity contribution in [1.82, 2.24) is 9.97 Å². The quantitative estimate of drug-likeness (QED) is 0.659. The number of imidazole rings is 1. The first-order valence-electron chi connectivity index (χ1n) is 7.13. The number of nitrogens with zero attached hydrogens (tertiary/aromatic N) is 1. The summed E-state index contributed by atoms with van der Waals surface area (Å²) in [4.78, 5) is 7.24. The van der Waals surface area contributed by atoms with E-state index in [2.05, 4.69) is 15.3 Å². The topological polar surface area (TPSA) is 40.7 Å². The Kier molecular flexibility index (Phi) is 4.49. The Morgan fingerprint density at radius 1 is 1.08 bits per heavy atom. The van der Waals surface area contributed by atoms with E-state index < -0.39 is 11.7 Å². The molecular formula is C17H13ClF3N3. The molecule has 0 aliphatic carbocycles. The fourth-order valence-corrected chi connectivity index (χ4v) is 2.49. The Bertz CT molecular complexity index is 843. The highest BCUT2D eigenvalue weighted by Gasteiger charge is 2.30. The lowest BCUT2D eigenvalue weighted by atomic mass is 10.1. The minimum absolute atomic E-state index is 0.313. The Morgan fingerprint density at radius 3 is 2.62 bits per heavy atom. The smallest absolute Gasteiger partial charge is 0.331 e. The zero-order valence-corrected chi connectivity index (χ0v) is 13.1. The molecule has 124 valence electrons. The molecule has 0 atom stereocenters. The SMILES string of the molecule is FC(F)(F)c1cccc(Nc2nc(Cc3cccc(Cl)c3)c[nH]2)c1. The molecular weight excluding hydrogens is 339 g/mol. The molecule has 0 unspecified atom stereocenters. The summed E-state index contributed by atoms with van der Waals surface area (Å²) in [6.45, 7) is 0. The lowest BCUT2D eigenvalue weighted by Gasteiger charge is -2.09. The van der Waals surface area contributed by atoms with Crippen LogP contribution in [0.2, 0.25) is 5.02 Å².